The number of halogens is 1. The molecule has 1 aromatic heterocycles. The highest BCUT2D eigenvalue weighted by Crippen LogP contribution is 2.46. The minimum atomic E-state index is -0.207. The molecule has 0 bridgehead atoms. The zero-order valence-electron chi connectivity index (χ0n) is 18.1. The van der Waals surface area contributed by atoms with Gasteiger partial charge in [0.1, 0.15) is 5.75 Å². The van der Waals surface area contributed by atoms with Gasteiger partial charge in [-0.05, 0) is 53.4 Å². The van der Waals surface area contributed by atoms with Crippen LogP contribution in [0.25, 0.3) is 27.7 Å². The molecule has 0 saturated heterocycles. The first-order valence-electron chi connectivity index (χ1n) is 9.81. The summed E-state index contributed by atoms with van der Waals surface area (Å²) in [6.45, 7) is 0. The number of rotatable bonds is 6. The van der Waals surface area contributed by atoms with E-state index in [4.69, 9.17) is 30.5 Å². The lowest BCUT2D eigenvalue weighted by Crippen LogP contribution is -2.20. The van der Waals surface area contributed by atoms with Gasteiger partial charge in [-0.1, -0.05) is 23.7 Å². The van der Waals surface area contributed by atoms with Crippen molar-refractivity contribution in [3.05, 3.63) is 76.0 Å². The van der Waals surface area contributed by atoms with Gasteiger partial charge in [0.15, 0.2) is 11.5 Å². The highest BCUT2D eigenvalue weighted by atomic mass is 35.5. The van der Waals surface area contributed by atoms with Crippen LogP contribution in [0.5, 0.6) is 23.0 Å². The molecule has 0 aliphatic rings. The number of pyridine rings is 1. The SMILES string of the molecule is COc1ccc(-n2c(-c3ccc(Cl)cc3)c3c(OC)c(OC)c(OC)cc3cc2=O)cc1. The first-order chi connectivity index (χ1) is 15.5. The van der Waals surface area contributed by atoms with Crippen LogP contribution in [0.2, 0.25) is 5.02 Å². The fourth-order valence-electron chi connectivity index (χ4n) is 3.82. The van der Waals surface area contributed by atoms with Gasteiger partial charge in [0.2, 0.25) is 5.75 Å². The van der Waals surface area contributed by atoms with E-state index < -0.39 is 0 Å². The lowest BCUT2D eigenvalue weighted by Gasteiger charge is -2.21. The lowest BCUT2D eigenvalue weighted by molar-refractivity contribution is 0.327. The molecule has 164 valence electrons. The van der Waals surface area contributed by atoms with Gasteiger partial charge < -0.3 is 18.9 Å². The van der Waals surface area contributed by atoms with Gasteiger partial charge in [0.25, 0.3) is 5.56 Å². The van der Waals surface area contributed by atoms with E-state index in [-0.39, 0.29) is 5.56 Å². The maximum Gasteiger partial charge on any atom is 0.256 e. The number of methoxy groups -OCH3 is 4. The van der Waals surface area contributed by atoms with E-state index in [1.54, 1.807) is 57.3 Å². The fourth-order valence-corrected chi connectivity index (χ4v) is 3.95. The monoisotopic (exact) mass is 451 g/mol. The van der Waals surface area contributed by atoms with Gasteiger partial charge in [-0.3, -0.25) is 9.36 Å². The molecule has 0 N–H and O–H groups in total. The Labute approximate surface area is 190 Å². The van der Waals surface area contributed by atoms with Crippen LogP contribution in [0.1, 0.15) is 0 Å². The summed E-state index contributed by atoms with van der Waals surface area (Å²) >= 11 is 6.14. The van der Waals surface area contributed by atoms with E-state index in [1.807, 2.05) is 36.4 Å². The molecule has 0 aliphatic carbocycles. The Bertz CT molecular complexity index is 1330. The summed E-state index contributed by atoms with van der Waals surface area (Å²) in [6.07, 6.45) is 0. The predicted molar refractivity (Wildman–Crippen MR) is 126 cm³/mol. The fraction of sp³-hybridized carbons (Fsp3) is 0.160. The van der Waals surface area contributed by atoms with Crippen LogP contribution >= 0.6 is 11.6 Å². The Morgan fingerprint density at radius 1 is 0.750 bits per heavy atom. The van der Waals surface area contributed by atoms with Crippen molar-refractivity contribution < 1.29 is 18.9 Å². The molecule has 3 aromatic carbocycles. The first-order valence-corrected chi connectivity index (χ1v) is 10.2. The third-order valence-electron chi connectivity index (χ3n) is 5.27. The Morgan fingerprint density at radius 3 is 1.97 bits per heavy atom. The zero-order valence-corrected chi connectivity index (χ0v) is 18.9. The number of ether oxygens (including phenoxy) is 4. The van der Waals surface area contributed by atoms with E-state index in [0.29, 0.717) is 50.2 Å². The highest BCUT2D eigenvalue weighted by molar-refractivity contribution is 6.30. The number of benzene rings is 3. The highest BCUT2D eigenvalue weighted by Gasteiger charge is 2.23. The Kier molecular flexibility index (Phi) is 5.97. The number of hydrogen-bond donors (Lipinski definition) is 0. The topological polar surface area (TPSA) is 58.9 Å². The average molecular weight is 452 g/mol. The van der Waals surface area contributed by atoms with Crippen molar-refractivity contribution in [3.8, 4) is 39.9 Å². The zero-order chi connectivity index (χ0) is 22.8. The van der Waals surface area contributed by atoms with Gasteiger partial charge in [-0.25, -0.2) is 0 Å². The Morgan fingerprint density at radius 2 is 1.41 bits per heavy atom. The van der Waals surface area contributed by atoms with Crippen molar-refractivity contribution in [2.45, 2.75) is 0 Å². The molecule has 6 nitrogen and oxygen atoms in total. The molecule has 7 heteroatoms. The molecule has 1 heterocycles. The van der Waals surface area contributed by atoms with Crippen molar-refractivity contribution >= 4 is 22.4 Å². The van der Waals surface area contributed by atoms with Crippen molar-refractivity contribution in [2.75, 3.05) is 28.4 Å². The summed E-state index contributed by atoms with van der Waals surface area (Å²) in [5.74, 6) is 2.08. The van der Waals surface area contributed by atoms with Gasteiger partial charge in [0.05, 0.1) is 39.5 Å². The number of nitrogens with zero attached hydrogens (tertiary/aromatic N) is 1. The molecular weight excluding hydrogens is 430 g/mol. The summed E-state index contributed by atoms with van der Waals surface area (Å²) in [4.78, 5) is 13.4. The molecule has 0 fully saturated rings. The van der Waals surface area contributed by atoms with Crippen molar-refractivity contribution in [3.63, 3.8) is 0 Å². The maximum absolute atomic E-state index is 13.4. The Hall–Kier alpha value is -3.64. The minimum Gasteiger partial charge on any atom is -0.497 e. The van der Waals surface area contributed by atoms with E-state index in [1.165, 1.54) is 0 Å². The second kappa shape index (κ2) is 8.85. The summed E-state index contributed by atoms with van der Waals surface area (Å²) < 4.78 is 23.8. The molecule has 0 atom stereocenters. The summed E-state index contributed by atoms with van der Waals surface area (Å²) in [7, 11) is 6.25. The van der Waals surface area contributed by atoms with E-state index in [0.717, 1.165) is 5.56 Å². The van der Waals surface area contributed by atoms with Crippen molar-refractivity contribution in [1.29, 1.82) is 0 Å². The van der Waals surface area contributed by atoms with Crippen LogP contribution in [0.15, 0.2) is 65.5 Å². The largest absolute Gasteiger partial charge is 0.497 e. The van der Waals surface area contributed by atoms with Crippen LogP contribution < -0.4 is 24.5 Å². The minimum absolute atomic E-state index is 0.207. The van der Waals surface area contributed by atoms with Crippen molar-refractivity contribution in [2.24, 2.45) is 0 Å². The molecule has 0 amide bonds. The van der Waals surface area contributed by atoms with Crippen LogP contribution in [0, 0.1) is 0 Å². The third-order valence-corrected chi connectivity index (χ3v) is 5.52. The number of hydrogen-bond acceptors (Lipinski definition) is 5. The quantitative estimate of drug-likeness (QED) is 0.395. The van der Waals surface area contributed by atoms with Crippen molar-refractivity contribution in [1.82, 2.24) is 4.57 Å². The van der Waals surface area contributed by atoms with E-state index >= 15 is 0 Å². The molecule has 0 spiro atoms. The second-order valence-electron chi connectivity index (χ2n) is 6.98. The van der Waals surface area contributed by atoms with Crippen LogP contribution in [0.3, 0.4) is 0 Å². The first kappa shape index (κ1) is 21.6. The third kappa shape index (κ3) is 3.63. The van der Waals surface area contributed by atoms with Gasteiger partial charge in [0, 0.05) is 16.8 Å². The normalized spacial score (nSPS) is 10.8. The summed E-state index contributed by atoms with van der Waals surface area (Å²) in [5.41, 5.74) is 1.91. The second-order valence-corrected chi connectivity index (χ2v) is 7.42. The maximum atomic E-state index is 13.4. The summed E-state index contributed by atoms with van der Waals surface area (Å²) in [6, 6.07) is 17.9. The average Bonchev–Trinajstić information content (AvgIpc) is 2.82. The molecule has 32 heavy (non-hydrogen) atoms. The summed E-state index contributed by atoms with van der Waals surface area (Å²) in [5, 5.41) is 1.97. The van der Waals surface area contributed by atoms with E-state index in [9.17, 15) is 4.79 Å². The predicted octanol–water partition coefficient (Wildman–Crippen LogP) is 5.35. The van der Waals surface area contributed by atoms with Gasteiger partial charge >= 0.3 is 0 Å². The van der Waals surface area contributed by atoms with Crippen LogP contribution in [-0.4, -0.2) is 33.0 Å². The van der Waals surface area contributed by atoms with Gasteiger partial charge in [-0.2, -0.15) is 0 Å². The standard InChI is InChI=1S/C25H22ClNO5/c1-29-19-11-9-18(10-12-19)27-21(28)14-16-13-20(30-2)24(31-3)25(32-4)22(16)23(27)15-5-7-17(26)8-6-15/h5-14H,1-4H3. The molecule has 0 saturated carbocycles. The number of aromatic nitrogens is 1. The van der Waals surface area contributed by atoms with Gasteiger partial charge in [-0.15, -0.1) is 0 Å². The molecule has 0 radical (unpaired) electrons. The Balaban J connectivity index is 2.19. The van der Waals surface area contributed by atoms with E-state index in [2.05, 4.69) is 0 Å². The molecule has 4 aromatic rings. The number of fused-ring (bicyclic) bond motifs is 1. The molecule has 0 aliphatic heterocycles. The van der Waals surface area contributed by atoms with Crippen LogP contribution in [0.4, 0.5) is 0 Å². The molecular formula is C25H22ClNO5. The molecule has 4 rings (SSSR count). The van der Waals surface area contributed by atoms with Crippen LogP contribution in [-0.2, 0) is 0 Å². The molecule has 0 unspecified atom stereocenters. The smallest absolute Gasteiger partial charge is 0.256 e. The lowest BCUT2D eigenvalue weighted by atomic mass is 10.0.